The number of hydrogen-bond donors (Lipinski definition) is 1. The van der Waals surface area contributed by atoms with Crippen LogP contribution in [0.3, 0.4) is 0 Å². The second kappa shape index (κ2) is 11.5. The fourth-order valence-corrected chi connectivity index (χ4v) is 3.41. The molecule has 2 aromatic rings. The van der Waals surface area contributed by atoms with Crippen molar-refractivity contribution >= 4 is 39.3 Å². The van der Waals surface area contributed by atoms with Crippen LogP contribution in [-0.2, 0) is 16.1 Å². The maximum atomic E-state index is 13.1. The average Bonchev–Trinajstić information content (AvgIpc) is 2.73. The summed E-state index contributed by atoms with van der Waals surface area (Å²) in [6.45, 7) is 10.3. The van der Waals surface area contributed by atoms with Crippen molar-refractivity contribution < 1.29 is 14.3 Å². The second-order valence-corrected chi connectivity index (χ2v) is 9.42. The molecule has 0 heterocycles. The Hall–Kier alpha value is -2.05. The summed E-state index contributed by atoms with van der Waals surface area (Å²) in [5.41, 5.74) is 2.70. The van der Waals surface area contributed by atoms with E-state index in [1.54, 1.807) is 24.0 Å². The molecule has 0 spiro atoms. The molecule has 0 saturated carbocycles. The van der Waals surface area contributed by atoms with E-state index in [-0.39, 0.29) is 18.4 Å². The van der Waals surface area contributed by atoms with Crippen LogP contribution in [0.5, 0.6) is 5.75 Å². The van der Waals surface area contributed by atoms with Crippen molar-refractivity contribution in [1.82, 2.24) is 10.2 Å². The van der Waals surface area contributed by atoms with Gasteiger partial charge in [-0.05, 0) is 67.6 Å². The predicted octanol–water partition coefficient (Wildman–Crippen LogP) is 5.29. The molecule has 0 aliphatic carbocycles. The highest BCUT2D eigenvalue weighted by Crippen LogP contribution is 2.26. The molecule has 0 aromatic heterocycles. The molecule has 0 fully saturated rings. The van der Waals surface area contributed by atoms with E-state index in [1.807, 2.05) is 52.0 Å². The van der Waals surface area contributed by atoms with Crippen molar-refractivity contribution in [3.8, 4) is 5.75 Å². The lowest BCUT2D eigenvalue weighted by molar-refractivity contribution is -0.142. The highest BCUT2D eigenvalue weighted by molar-refractivity contribution is 9.10. The first-order chi connectivity index (χ1) is 14.6. The summed E-state index contributed by atoms with van der Waals surface area (Å²) in [7, 11) is 0. The monoisotopic (exact) mass is 508 g/mol. The Morgan fingerprint density at radius 1 is 1.10 bits per heavy atom. The molecule has 2 aromatic carbocycles. The van der Waals surface area contributed by atoms with Gasteiger partial charge in [0.1, 0.15) is 11.8 Å². The van der Waals surface area contributed by atoms with E-state index in [2.05, 4.69) is 21.2 Å². The third-order valence-electron chi connectivity index (χ3n) is 4.89. The first-order valence-corrected chi connectivity index (χ1v) is 11.5. The number of nitrogens with zero attached hydrogens (tertiary/aromatic N) is 1. The molecular weight excluding hydrogens is 480 g/mol. The number of halogens is 2. The summed E-state index contributed by atoms with van der Waals surface area (Å²) in [5, 5.41) is 3.60. The molecule has 0 bridgehead atoms. The highest BCUT2D eigenvalue weighted by Gasteiger charge is 2.26. The number of aryl methyl sites for hydroxylation is 2. The van der Waals surface area contributed by atoms with Crippen LogP contribution >= 0.6 is 27.5 Å². The Kier molecular flexibility index (Phi) is 9.38. The van der Waals surface area contributed by atoms with E-state index in [4.69, 9.17) is 16.3 Å². The fourth-order valence-electron chi connectivity index (χ4n) is 3.04. The van der Waals surface area contributed by atoms with Crippen molar-refractivity contribution in [2.45, 2.75) is 47.2 Å². The van der Waals surface area contributed by atoms with E-state index in [0.29, 0.717) is 29.8 Å². The summed E-state index contributed by atoms with van der Waals surface area (Å²) < 4.78 is 6.71. The van der Waals surface area contributed by atoms with Crippen LogP contribution in [0, 0.1) is 19.8 Å². The van der Waals surface area contributed by atoms with Gasteiger partial charge >= 0.3 is 0 Å². The van der Waals surface area contributed by atoms with Gasteiger partial charge in [0.15, 0.2) is 6.61 Å². The zero-order chi connectivity index (χ0) is 23.1. The minimum Gasteiger partial charge on any atom is -0.484 e. The maximum absolute atomic E-state index is 13.1. The third-order valence-corrected chi connectivity index (χ3v) is 6.02. The van der Waals surface area contributed by atoms with E-state index < -0.39 is 6.04 Å². The number of hydrogen-bond acceptors (Lipinski definition) is 3. The van der Waals surface area contributed by atoms with Gasteiger partial charge in [0.05, 0.1) is 0 Å². The van der Waals surface area contributed by atoms with Gasteiger partial charge in [-0.2, -0.15) is 0 Å². The average molecular weight is 510 g/mol. The molecule has 2 rings (SSSR count). The molecule has 0 saturated heterocycles. The predicted molar refractivity (Wildman–Crippen MR) is 128 cm³/mol. The zero-order valence-corrected chi connectivity index (χ0v) is 21.0. The van der Waals surface area contributed by atoms with Crippen LogP contribution in [0.2, 0.25) is 5.02 Å². The van der Waals surface area contributed by atoms with Gasteiger partial charge in [-0.15, -0.1) is 0 Å². The van der Waals surface area contributed by atoms with Gasteiger partial charge in [0.2, 0.25) is 5.91 Å². The molecule has 0 radical (unpaired) electrons. The molecule has 7 heteroatoms. The van der Waals surface area contributed by atoms with Crippen LogP contribution in [-0.4, -0.2) is 35.9 Å². The van der Waals surface area contributed by atoms with Gasteiger partial charge < -0.3 is 15.0 Å². The zero-order valence-electron chi connectivity index (χ0n) is 18.7. The van der Waals surface area contributed by atoms with Gasteiger partial charge in [0.25, 0.3) is 5.91 Å². The molecule has 1 N–H and O–H groups in total. The van der Waals surface area contributed by atoms with Crippen LogP contribution in [0.15, 0.2) is 40.9 Å². The van der Waals surface area contributed by atoms with Gasteiger partial charge in [-0.25, -0.2) is 0 Å². The number of carbonyl (C=O) groups excluding carboxylic acids is 2. The topological polar surface area (TPSA) is 58.6 Å². The molecule has 1 atom stereocenters. The molecule has 2 amide bonds. The maximum Gasteiger partial charge on any atom is 0.261 e. The van der Waals surface area contributed by atoms with Crippen LogP contribution in [0.25, 0.3) is 0 Å². The van der Waals surface area contributed by atoms with E-state index in [9.17, 15) is 9.59 Å². The summed E-state index contributed by atoms with van der Waals surface area (Å²) >= 11 is 9.63. The van der Waals surface area contributed by atoms with E-state index in [0.717, 1.165) is 21.2 Å². The number of benzene rings is 2. The first kappa shape index (κ1) is 25.2. The summed E-state index contributed by atoms with van der Waals surface area (Å²) in [5.74, 6) is 0.456. The van der Waals surface area contributed by atoms with Gasteiger partial charge in [0, 0.05) is 22.6 Å². The Bertz CT molecular complexity index is 893. The van der Waals surface area contributed by atoms with Gasteiger partial charge in [-0.3, -0.25) is 9.59 Å². The minimum atomic E-state index is -0.632. The highest BCUT2D eigenvalue weighted by atomic mass is 79.9. The summed E-state index contributed by atoms with van der Waals surface area (Å²) in [6, 6.07) is 10.7. The normalized spacial score (nSPS) is 11.9. The fraction of sp³-hybridized carbons (Fsp3) is 0.417. The SMILES string of the molecule is Cc1cc(OCC(=O)N(Cc2ccc(Br)cc2)[C@H](C)C(=O)NCC(C)C)cc(C)c1Cl. The molecule has 0 aliphatic rings. The number of carbonyl (C=O) groups is 2. The standard InChI is InChI=1S/C24H30BrClN2O3/c1-15(2)12-27-24(30)18(5)28(13-19-6-8-20(25)9-7-19)22(29)14-31-21-10-16(3)23(26)17(4)11-21/h6-11,15,18H,12-14H2,1-5H3,(H,27,30)/t18-/m1/s1. The molecule has 5 nitrogen and oxygen atoms in total. The Morgan fingerprint density at radius 2 is 1.68 bits per heavy atom. The molecule has 31 heavy (non-hydrogen) atoms. The van der Waals surface area contributed by atoms with E-state index in [1.165, 1.54) is 0 Å². The lowest BCUT2D eigenvalue weighted by atomic mass is 10.1. The molecule has 0 unspecified atom stereocenters. The van der Waals surface area contributed by atoms with Gasteiger partial charge in [-0.1, -0.05) is 53.5 Å². The summed E-state index contributed by atoms with van der Waals surface area (Å²) in [4.78, 5) is 27.3. The Labute approximate surface area is 198 Å². The number of nitrogens with one attached hydrogen (secondary N) is 1. The number of ether oxygens (including phenoxy) is 1. The first-order valence-electron chi connectivity index (χ1n) is 10.3. The Morgan fingerprint density at radius 3 is 2.23 bits per heavy atom. The third kappa shape index (κ3) is 7.54. The van der Waals surface area contributed by atoms with Crippen molar-refractivity contribution in [2.75, 3.05) is 13.2 Å². The number of rotatable bonds is 9. The smallest absolute Gasteiger partial charge is 0.261 e. The van der Waals surface area contributed by atoms with E-state index >= 15 is 0 Å². The van der Waals surface area contributed by atoms with Crippen molar-refractivity contribution in [3.05, 3.63) is 62.6 Å². The lowest BCUT2D eigenvalue weighted by Crippen LogP contribution is -2.49. The summed E-state index contributed by atoms with van der Waals surface area (Å²) in [6.07, 6.45) is 0. The van der Waals surface area contributed by atoms with Crippen molar-refractivity contribution in [1.29, 1.82) is 0 Å². The van der Waals surface area contributed by atoms with Crippen LogP contribution in [0.4, 0.5) is 0 Å². The van der Waals surface area contributed by atoms with Crippen molar-refractivity contribution in [2.24, 2.45) is 5.92 Å². The quantitative estimate of drug-likeness (QED) is 0.500. The second-order valence-electron chi connectivity index (χ2n) is 8.12. The van der Waals surface area contributed by atoms with Crippen LogP contribution in [0.1, 0.15) is 37.5 Å². The largest absolute Gasteiger partial charge is 0.484 e. The van der Waals surface area contributed by atoms with Crippen LogP contribution < -0.4 is 10.1 Å². The lowest BCUT2D eigenvalue weighted by Gasteiger charge is -2.29. The minimum absolute atomic E-state index is 0.168. The van der Waals surface area contributed by atoms with Crippen molar-refractivity contribution in [3.63, 3.8) is 0 Å². The number of amides is 2. The molecule has 168 valence electrons. The Balaban J connectivity index is 2.16. The molecule has 0 aliphatic heterocycles. The molecular formula is C24H30BrClN2O3.